The largest absolute Gasteiger partial charge is 0.355 e. The number of anilines is 1. The van der Waals surface area contributed by atoms with Gasteiger partial charge in [-0.25, -0.2) is 18.7 Å². The summed E-state index contributed by atoms with van der Waals surface area (Å²) in [5, 5.41) is 8.78. The van der Waals surface area contributed by atoms with E-state index in [4.69, 9.17) is 4.98 Å². The quantitative estimate of drug-likeness (QED) is 0.343. The number of amides is 1. The normalized spacial score (nSPS) is 18.9. The van der Waals surface area contributed by atoms with Crippen molar-refractivity contribution < 1.29 is 9.18 Å². The molecule has 0 radical (unpaired) electrons. The van der Waals surface area contributed by atoms with Crippen LogP contribution in [0.4, 0.5) is 10.2 Å². The zero-order valence-corrected chi connectivity index (χ0v) is 24.3. The van der Waals surface area contributed by atoms with Crippen molar-refractivity contribution in [2.24, 2.45) is 0 Å². The number of aromatic nitrogens is 7. The molecule has 2 aliphatic rings. The van der Waals surface area contributed by atoms with Gasteiger partial charge in [0.1, 0.15) is 17.2 Å². The van der Waals surface area contributed by atoms with Crippen LogP contribution >= 0.6 is 0 Å². The monoisotopic (exact) mass is 571 g/mol. The molecule has 0 N–H and O–H groups in total. The van der Waals surface area contributed by atoms with E-state index in [-0.39, 0.29) is 35.2 Å². The molecule has 0 aromatic carbocycles. The predicted molar refractivity (Wildman–Crippen MR) is 157 cm³/mol. The van der Waals surface area contributed by atoms with E-state index in [9.17, 15) is 9.59 Å². The molecule has 218 valence electrons. The van der Waals surface area contributed by atoms with E-state index in [1.807, 2.05) is 38.7 Å². The van der Waals surface area contributed by atoms with E-state index in [0.29, 0.717) is 48.6 Å². The Bertz CT molecular complexity index is 1760. The Balaban J connectivity index is 1.65. The molecule has 2 atom stereocenters. The summed E-state index contributed by atoms with van der Waals surface area (Å²) in [4.78, 5) is 44.4. The second kappa shape index (κ2) is 10.7. The number of aryl methyl sites for hydroxylation is 2. The van der Waals surface area contributed by atoms with Gasteiger partial charge in [-0.3, -0.25) is 14.5 Å². The number of piperazine rings is 1. The molecule has 0 aliphatic carbocycles. The van der Waals surface area contributed by atoms with Gasteiger partial charge in [0, 0.05) is 37.9 Å². The number of hydrogen-bond donors (Lipinski definition) is 0. The van der Waals surface area contributed by atoms with Crippen LogP contribution in [0.1, 0.15) is 57.7 Å². The number of hydrogen-bond acceptors (Lipinski definition) is 8. The van der Waals surface area contributed by atoms with Gasteiger partial charge in [-0.2, -0.15) is 4.98 Å². The molecule has 4 bridgehead atoms. The first kappa shape index (κ1) is 27.7. The molecule has 4 aromatic rings. The number of carbonyl (C=O) groups excluding carboxylic acids is 1. The van der Waals surface area contributed by atoms with Crippen molar-refractivity contribution in [1.29, 1.82) is 0 Å². The third kappa shape index (κ3) is 4.64. The van der Waals surface area contributed by atoms with E-state index in [1.54, 1.807) is 22.0 Å². The van der Waals surface area contributed by atoms with E-state index < -0.39 is 11.5 Å². The highest BCUT2D eigenvalue weighted by molar-refractivity contribution is 5.91. The van der Waals surface area contributed by atoms with Gasteiger partial charge in [0.15, 0.2) is 11.5 Å². The van der Waals surface area contributed by atoms with Crippen LogP contribution < -0.4 is 10.6 Å². The summed E-state index contributed by atoms with van der Waals surface area (Å²) >= 11 is 0. The van der Waals surface area contributed by atoms with Crippen LogP contribution in [0, 0.1) is 5.82 Å². The summed E-state index contributed by atoms with van der Waals surface area (Å²) in [6.45, 7) is 13.0. The van der Waals surface area contributed by atoms with Gasteiger partial charge in [-0.05, 0) is 62.8 Å². The molecular weight excluding hydrogens is 537 g/mol. The van der Waals surface area contributed by atoms with Crippen LogP contribution in [0.5, 0.6) is 0 Å². The lowest BCUT2D eigenvalue weighted by Gasteiger charge is -2.44. The highest BCUT2D eigenvalue weighted by Crippen LogP contribution is 2.34. The highest BCUT2D eigenvalue weighted by Gasteiger charge is 2.34. The molecule has 6 heterocycles. The van der Waals surface area contributed by atoms with E-state index in [1.165, 1.54) is 16.7 Å². The number of carbonyl (C=O) groups is 1. The Morgan fingerprint density at radius 2 is 1.98 bits per heavy atom. The molecule has 6 rings (SSSR count). The Labute approximate surface area is 242 Å². The second-order valence-corrected chi connectivity index (χ2v) is 11.5. The standard InChI is InChI=1S/C30H34FN9O2/c1-6-24(41)38-14-19(5)39(15-18(38)4)28-21-13-22(31)26-23-16-37(36-35-23)12-8-7-9-20-10-11-32-25(17(2)3)27(20)40(29(21)33-26)30(42)34-28/h6,10-11,13,16-19H,1,7-9,12,14-15H2,2-5H3/t18-,19+/m1/s1. The summed E-state index contributed by atoms with van der Waals surface area (Å²) in [6.07, 6.45) is 7.14. The maximum atomic E-state index is 15.9. The minimum Gasteiger partial charge on any atom is -0.349 e. The molecule has 1 saturated heterocycles. The lowest BCUT2D eigenvalue weighted by Crippen LogP contribution is -2.58. The number of fused-ring (bicyclic) bond motifs is 6. The fraction of sp³-hybridized carbons (Fsp3) is 0.433. The molecule has 0 unspecified atom stereocenters. The van der Waals surface area contributed by atoms with Gasteiger partial charge in [0.25, 0.3) is 0 Å². The average Bonchev–Trinajstić information content (AvgIpc) is 3.44. The summed E-state index contributed by atoms with van der Waals surface area (Å²) in [5.74, 6) is -0.407. The van der Waals surface area contributed by atoms with Crippen LogP contribution in [0.2, 0.25) is 0 Å². The van der Waals surface area contributed by atoms with Crippen LogP contribution in [0.3, 0.4) is 0 Å². The van der Waals surface area contributed by atoms with Gasteiger partial charge in [-0.1, -0.05) is 25.6 Å². The summed E-state index contributed by atoms with van der Waals surface area (Å²) in [7, 11) is 0. The highest BCUT2D eigenvalue weighted by atomic mass is 19.1. The smallest absolute Gasteiger partial charge is 0.349 e. The first-order valence-electron chi connectivity index (χ1n) is 14.4. The summed E-state index contributed by atoms with van der Waals surface area (Å²) < 4.78 is 19.1. The number of pyridine rings is 2. The van der Waals surface area contributed by atoms with Gasteiger partial charge >= 0.3 is 5.69 Å². The molecule has 0 saturated carbocycles. The predicted octanol–water partition coefficient (Wildman–Crippen LogP) is 3.64. The molecule has 42 heavy (non-hydrogen) atoms. The first-order valence-corrected chi connectivity index (χ1v) is 14.4. The van der Waals surface area contributed by atoms with Crippen molar-refractivity contribution in [2.75, 3.05) is 18.0 Å². The number of nitrogens with zero attached hydrogens (tertiary/aromatic N) is 9. The minimum absolute atomic E-state index is 0.00663. The van der Waals surface area contributed by atoms with Crippen LogP contribution in [-0.2, 0) is 17.8 Å². The average molecular weight is 572 g/mol. The van der Waals surface area contributed by atoms with Crippen LogP contribution in [0.25, 0.3) is 28.1 Å². The molecule has 1 fully saturated rings. The maximum Gasteiger partial charge on any atom is 0.355 e. The Morgan fingerprint density at radius 1 is 1.17 bits per heavy atom. The fourth-order valence-electron chi connectivity index (χ4n) is 6.05. The van der Waals surface area contributed by atoms with E-state index in [0.717, 1.165) is 24.1 Å². The lowest BCUT2D eigenvalue weighted by molar-refractivity contribution is -0.128. The van der Waals surface area contributed by atoms with Crippen molar-refractivity contribution in [3.63, 3.8) is 0 Å². The van der Waals surface area contributed by atoms with Crippen molar-refractivity contribution in [1.82, 2.24) is 39.4 Å². The van der Waals surface area contributed by atoms with Gasteiger partial charge < -0.3 is 9.80 Å². The molecule has 0 spiro atoms. The fourth-order valence-corrected chi connectivity index (χ4v) is 6.05. The maximum absolute atomic E-state index is 15.9. The summed E-state index contributed by atoms with van der Waals surface area (Å²) in [5.41, 5.74) is 2.40. The molecule has 12 heteroatoms. The molecule has 4 aromatic heterocycles. The SMILES string of the molecule is C=CC(=O)N1C[C@H](C)N(c2nc(=O)n3c4nc(c(F)cc24)-c2cn(nn2)CCCCc2ccnc(C(C)C)c2-3)C[C@H]1C. The number of halogens is 1. The topological polar surface area (TPSA) is 115 Å². The Kier molecular flexibility index (Phi) is 7.07. The minimum atomic E-state index is -0.589. The van der Waals surface area contributed by atoms with Crippen molar-refractivity contribution >= 4 is 22.8 Å². The molecule has 2 aliphatic heterocycles. The Morgan fingerprint density at radius 3 is 2.74 bits per heavy atom. The van der Waals surface area contributed by atoms with Crippen molar-refractivity contribution in [2.45, 2.75) is 71.5 Å². The van der Waals surface area contributed by atoms with E-state index in [2.05, 4.69) is 26.9 Å². The number of rotatable bonds is 3. The van der Waals surface area contributed by atoms with Crippen molar-refractivity contribution in [3.8, 4) is 17.1 Å². The zero-order chi connectivity index (χ0) is 29.7. The van der Waals surface area contributed by atoms with Crippen LogP contribution in [-0.4, -0.2) is 70.5 Å². The summed E-state index contributed by atoms with van der Waals surface area (Å²) in [6, 6.07) is 2.94. The molecule has 11 nitrogen and oxygen atoms in total. The zero-order valence-electron chi connectivity index (χ0n) is 24.3. The third-order valence-corrected chi connectivity index (χ3v) is 8.19. The third-order valence-electron chi connectivity index (χ3n) is 8.19. The van der Waals surface area contributed by atoms with Crippen LogP contribution in [0.15, 0.2) is 42.0 Å². The second-order valence-electron chi connectivity index (χ2n) is 11.5. The van der Waals surface area contributed by atoms with Gasteiger partial charge in [-0.15, -0.1) is 5.10 Å². The molecular formula is C30H34FN9O2. The van der Waals surface area contributed by atoms with Gasteiger partial charge in [0.2, 0.25) is 5.91 Å². The lowest BCUT2D eigenvalue weighted by atomic mass is 10.00. The first-order chi connectivity index (χ1) is 20.2. The van der Waals surface area contributed by atoms with Crippen molar-refractivity contribution in [3.05, 3.63) is 64.7 Å². The van der Waals surface area contributed by atoms with E-state index >= 15 is 4.39 Å². The van der Waals surface area contributed by atoms with Gasteiger partial charge in [0.05, 0.1) is 23.0 Å². The Hall–Kier alpha value is -4.48. The molecule has 1 amide bonds.